The lowest BCUT2D eigenvalue weighted by atomic mass is 9.79. The Balaban J connectivity index is 1.54. The van der Waals surface area contributed by atoms with Gasteiger partial charge in [-0.15, -0.1) is 0 Å². The molecule has 39 heavy (non-hydrogen) atoms. The molecule has 3 aromatic carbocycles. The number of nitro groups is 1. The molecule has 200 valence electrons. The van der Waals surface area contributed by atoms with Crippen LogP contribution in [0.1, 0.15) is 28.2 Å². The number of cyclic esters (lactones) is 1. The lowest BCUT2D eigenvalue weighted by Crippen LogP contribution is -2.31. The Morgan fingerprint density at radius 1 is 1.05 bits per heavy atom. The zero-order valence-electron chi connectivity index (χ0n) is 21.1. The maximum Gasteiger partial charge on any atom is 0.337 e. The average Bonchev–Trinajstić information content (AvgIpc) is 3.57. The fourth-order valence-corrected chi connectivity index (χ4v) is 5.41. The van der Waals surface area contributed by atoms with E-state index in [1.165, 1.54) is 26.4 Å². The number of carbonyl (C=O) groups excluding carboxylic acids is 1. The summed E-state index contributed by atoms with van der Waals surface area (Å²) in [6.45, 7) is 0.175. The number of aliphatic hydroxyl groups is 1. The van der Waals surface area contributed by atoms with Crippen molar-refractivity contribution in [1.82, 2.24) is 0 Å². The second-order valence-electron chi connectivity index (χ2n) is 9.22. The second-order valence-corrected chi connectivity index (χ2v) is 9.22. The van der Waals surface area contributed by atoms with Crippen LogP contribution in [0.25, 0.3) is 0 Å². The van der Waals surface area contributed by atoms with Crippen LogP contribution in [0.2, 0.25) is 0 Å². The number of fused-ring (bicyclic) bond motifs is 2. The van der Waals surface area contributed by atoms with E-state index in [4.69, 9.17) is 23.7 Å². The first-order chi connectivity index (χ1) is 18.9. The largest absolute Gasteiger partial charge is 0.493 e. The molecule has 0 spiro atoms. The fraction of sp³-hybridized carbons (Fsp3) is 0.250. The number of rotatable bonds is 7. The first-order valence-electron chi connectivity index (χ1n) is 12.1. The minimum atomic E-state index is -0.558. The summed E-state index contributed by atoms with van der Waals surface area (Å²) < 4.78 is 27.9. The van der Waals surface area contributed by atoms with Crippen molar-refractivity contribution in [3.05, 3.63) is 92.2 Å². The van der Waals surface area contributed by atoms with Gasteiger partial charge in [0, 0.05) is 41.9 Å². The molecule has 0 radical (unpaired) electrons. The molecule has 3 aliphatic rings. The summed E-state index contributed by atoms with van der Waals surface area (Å²) in [5.41, 5.74) is 4.70. The number of esters is 1. The third kappa shape index (κ3) is 3.98. The van der Waals surface area contributed by atoms with E-state index in [0.717, 1.165) is 16.8 Å². The van der Waals surface area contributed by atoms with Crippen molar-refractivity contribution in [3.63, 3.8) is 0 Å². The minimum absolute atomic E-state index is 0.00588. The van der Waals surface area contributed by atoms with E-state index >= 15 is 0 Å². The van der Waals surface area contributed by atoms with Crippen molar-refractivity contribution < 1.29 is 38.5 Å². The van der Waals surface area contributed by atoms with Crippen molar-refractivity contribution in [2.24, 2.45) is 0 Å². The number of carbonyl (C=O) groups is 1. The Morgan fingerprint density at radius 2 is 1.79 bits per heavy atom. The summed E-state index contributed by atoms with van der Waals surface area (Å²) in [5, 5.41) is 21.2. The first kappa shape index (κ1) is 24.6. The highest BCUT2D eigenvalue weighted by Crippen LogP contribution is 2.52. The maximum absolute atomic E-state index is 13.2. The van der Waals surface area contributed by atoms with E-state index in [9.17, 15) is 20.0 Å². The number of ether oxygens (including phenoxy) is 5. The van der Waals surface area contributed by atoms with Crippen LogP contribution in [0.3, 0.4) is 0 Å². The zero-order valence-corrected chi connectivity index (χ0v) is 21.1. The van der Waals surface area contributed by atoms with Gasteiger partial charge in [0.25, 0.3) is 5.69 Å². The Bertz CT molecular complexity index is 1510. The van der Waals surface area contributed by atoms with Gasteiger partial charge in [0.05, 0.1) is 37.0 Å². The predicted octanol–water partition coefficient (Wildman–Crippen LogP) is 3.80. The van der Waals surface area contributed by atoms with Crippen LogP contribution in [0.15, 0.2) is 59.8 Å². The Morgan fingerprint density at radius 3 is 2.46 bits per heavy atom. The number of non-ortho nitro benzene ring substituents is 1. The predicted molar refractivity (Wildman–Crippen MR) is 137 cm³/mol. The van der Waals surface area contributed by atoms with Crippen LogP contribution in [0, 0.1) is 10.1 Å². The standard InChI is InChI=1S/C28H24N2O9/c1-35-24-8-16(7-17(12-31)27(24)36-2)25-19-9-22-23(39-14-38-22)10-20(19)29(21-13-37-28(32)26(21)25)11-15-3-5-18(6-4-15)30(33)34/h3-10,25,31H,11-14H2,1-2H3. The van der Waals surface area contributed by atoms with Gasteiger partial charge >= 0.3 is 5.97 Å². The highest BCUT2D eigenvalue weighted by atomic mass is 16.7. The summed E-state index contributed by atoms with van der Waals surface area (Å²) >= 11 is 0. The molecule has 11 heteroatoms. The van der Waals surface area contributed by atoms with Crippen molar-refractivity contribution >= 4 is 17.3 Å². The summed E-state index contributed by atoms with van der Waals surface area (Å²) in [4.78, 5) is 25.9. The lowest BCUT2D eigenvalue weighted by molar-refractivity contribution is -0.384. The molecule has 3 heterocycles. The monoisotopic (exact) mass is 532 g/mol. The van der Waals surface area contributed by atoms with Gasteiger partial charge in [0.2, 0.25) is 6.79 Å². The van der Waals surface area contributed by atoms with Gasteiger partial charge in [-0.25, -0.2) is 4.79 Å². The van der Waals surface area contributed by atoms with Gasteiger partial charge in [-0.2, -0.15) is 0 Å². The molecule has 3 aromatic rings. The summed E-state index contributed by atoms with van der Waals surface area (Å²) in [6.07, 6.45) is 0. The van der Waals surface area contributed by atoms with Crippen LogP contribution in [-0.4, -0.2) is 43.6 Å². The quantitative estimate of drug-likeness (QED) is 0.272. The smallest absolute Gasteiger partial charge is 0.337 e. The van der Waals surface area contributed by atoms with E-state index in [2.05, 4.69) is 0 Å². The molecule has 1 N–H and O–H groups in total. The number of hydrogen-bond acceptors (Lipinski definition) is 10. The van der Waals surface area contributed by atoms with Crippen molar-refractivity contribution in [2.45, 2.75) is 19.1 Å². The molecule has 0 aromatic heterocycles. The van der Waals surface area contributed by atoms with Gasteiger partial charge in [0.15, 0.2) is 23.0 Å². The summed E-state index contributed by atoms with van der Waals surface area (Å²) in [5.74, 6) is 0.938. The van der Waals surface area contributed by atoms with E-state index in [1.54, 1.807) is 24.3 Å². The topological polar surface area (TPSA) is 130 Å². The van der Waals surface area contributed by atoms with E-state index < -0.39 is 16.8 Å². The number of aliphatic hydroxyl groups excluding tert-OH is 1. The molecular weight excluding hydrogens is 508 g/mol. The number of methoxy groups -OCH3 is 2. The van der Waals surface area contributed by atoms with Crippen molar-refractivity contribution in [2.75, 3.05) is 32.5 Å². The number of benzene rings is 3. The number of nitrogens with zero attached hydrogens (tertiary/aromatic N) is 2. The molecule has 0 aliphatic carbocycles. The van der Waals surface area contributed by atoms with Gasteiger partial charge in [-0.1, -0.05) is 12.1 Å². The Kier molecular flexibility index (Phi) is 5.99. The van der Waals surface area contributed by atoms with Gasteiger partial charge in [-0.3, -0.25) is 10.1 Å². The highest BCUT2D eigenvalue weighted by Gasteiger charge is 2.43. The molecule has 1 atom stereocenters. The summed E-state index contributed by atoms with van der Waals surface area (Å²) in [7, 11) is 3.01. The zero-order chi connectivity index (χ0) is 27.3. The molecule has 6 rings (SSSR count). The Hall–Kier alpha value is -4.77. The van der Waals surface area contributed by atoms with E-state index in [-0.39, 0.29) is 25.7 Å². The highest BCUT2D eigenvalue weighted by molar-refractivity contribution is 5.98. The molecule has 3 aliphatic heterocycles. The number of anilines is 1. The SMILES string of the molecule is COc1cc(C2C3=C(COC3=O)N(Cc3ccc([N+](=O)[O-])cc3)c3cc4c(cc32)OCO4)cc(CO)c1OC. The third-order valence-electron chi connectivity index (χ3n) is 7.18. The normalized spacial score (nSPS) is 17.1. The van der Waals surface area contributed by atoms with Crippen LogP contribution in [-0.2, 0) is 22.7 Å². The van der Waals surface area contributed by atoms with Gasteiger partial charge < -0.3 is 33.7 Å². The Labute approximate surface area is 222 Å². The second kappa shape index (κ2) is 9.52. The molecule has 0 saturated heterocycles. The minimum Gasteiger partial charge on any atom is -0.493 e. The maximum atomic E-state index is 13.2. The number of nitro benzene ring substituents is 1. The fourth-order valence-electron chi connectivity index (χ4n) is 5.41. The van der Waals surface area contributed by atoms with Crippen LogP contribution in [0.4, 0.5) is 11.4 Å². The van der Waals surface area contributed by atoms with Crippen LogP contribution in [0.5, 0.6) is 23.0 Å². The molecule has 11 nitrogen and oxygen atoms in total. The molecule has 0 amide bonds. The molecular formula is C28H24N2O9. The number of hydrogen-bond donors (Lipinski definition) is 1. The molecule has 0 fully saturated rings. The van der Waals surface area contributed by atoms with Crippen LogP contribution < -0.4 is 23.8 Å². The van der Waals surface area contributed by atoms with Gasteiger partial charge in [0.1, 0.15) is 6.61 Å². The van der Waals surface area contributed by atoms with E-state index in [0.29, 0.717) is 51.9 Å². The first-order valence-corrected chi connectivity index (χ1v) is 12.1. The van der Waals surface area contributed by atoms with Crippen LogP contribution >= 0.6 is 0 Å². The molecule has 0 bridgehead atoms. The summed E-state index contributed by atoms with van der Waals surface area (Å²) in [6, 6.07) is 13.6. The molecule has 0 saturated carbocycles. The van der Waals surface area contributed by atoms with E-state index in [1.807, 2.05) is 17.0 Å². The third-order valence-corrected chi connectivity index (χ3v) is 7.18. The van der Waals surface area contributed by atoms with Crippen molar-refractivity contribution in [3.8, 4) is 23.0 Å². The average molecular weight is 533 g/mol. The lowest BCUT2D eigenvalue weighted by Gasteiger charge is -2.36. The van der Waals surface area contributed by atoms with Crippen molar-refractivity contribution in [1.29, 1.82) is 0 Å². The molecule has 1 unspecified atom stereocenters. The van der Waals surface area contributed by atoms with Gasteiger partial charge in [-0.05, 0) is 34.9 Å².